The zero-order valence-corrected chi connectivity index (χ0v) is 12.4. The van der Waals surface area contributed by atoms with Gasteiger partial charge in [-0.15, -0.1) is 11.3 Å². The quantitative estimate of drug-likeness (QED) is 0.823. The fourth-order valence-electron chi connectivity index (χ4n) is 1.74. The van der Waals surface area contributed by atoms with Gasteiger partial charge in [0.1, 0.15) is 5.75 Å². The van der Waals surface area contributed by atoms with E-state index in [4.69, 9.17) is 15.2 Å². The molecule has 0 fully saturated rings. The fourth-order valence-corrected chi connectivity index (χ4v) is 2.43. The standard InChI is InChI=1S/C15H18FNO2S/c1-10(2)19-14-9-15(13(17)8-12(14)16)18-6-5-11-4-3-7-20-11/h3-4,7-10H,5-6,17H2,1-2H3. The van der Waals surface area contributed by atoms with Gasteiger partial charge in [0.25, 0.3) is 0 Å². The summed E-state index contributed by atoms with van der Waals surface area (Å²) in [4.78, 5) is 1.24. The number of nitrogens with two attached hydrogens (primary N) is 1. The summed E-state index contributed by atoms with van der Waals surface area (Å²) < 4.78 is 24.7. The summed E-state index contributed by atoms with van der Waals surface area (Å²) in [6.45, 7) is 4.18. The maximum absolute atomic E-state index is 13.7. The molecule has 20 heavy (non-hydrogen) atoms. The molecular formula is C15H18FNO2S. The molecule has 0 aliphatic carbocycles. The average Bonchev–Trinajstić information content (AvgIpc) is 2.87. The molecule has 1 aromatic heterocycles. The van der Waals surface area contributed by atoms with Crippen molar-refractivity contribution in [2.24, 2.45) is 0 Å². The van der Waals surface area contributed by atoms with Gasteiger partial charge in [-0.25, -0.2) is 4.39 Å². The number of hydrogen-bond donors (Lipinski definition) is 1. The first-order chi connectivity index (χ1) is 9.56. The van der Waals surface area contributed by atoms with Gasteiger partial charge in [0, 0.05) is 23.4 Å². The average molecular weight is 295 g/mol. The van der Waals surface area contributed by atoms with E-state index in [9.17, 15) is 4.39 Å². The molecule has 2 rings (SSSR count). The maximum atomic E-state index is 13.7. The molecule has 1 heterocycles. The Bertz CT molecular complexity index is 555. The lowest BCUT2D eigenvalue weighted by Gasteiger charge is -2.14. The van der Waals surface area contributed by atoms with E-state index in [1.807, 2.05) is 25.3 Å². The monoisotopic (exact) mass is 295 g/mol. The van der Waals surface area contributed by atoms with E-state index in [1.54, 1.807) is 11.3 Å². The molecule has 108 valence electrons. The summed E-state index contributed by atoms with van der Waals surface area (Å²) in [7, 11) is 0. The number of benzene rings is 1. The van der Waals surface area contributed by atoms with E-state index >= 15 is 0 Å². The molecule has 0 atom stereocenters. The number of thiophene rings is 1. The highest BCUT2D eigenvalue weighted by atomic mass is 32.1. The summed E-state index contributed by atoms with van der Waals surface area (Å²) in [5.41, 5.74) is 6.04. The number of ether oxygens (including phenoxy) is 2. The van der Waals surface area contributed by atoms with Crippen LogP contribution in [0.25, 0.3) is 0 Å². The second-order valence-corrected chi connectivity index (χ2v) is 5.70. The van der Waals surface area contributed by atoms with Gasteiger partial charge in [0.15, 0.2) is 11.6 Å². The Kier molecular flexibility index (Phi) is 4.84. The molecule has 0 spiro atoms. The molecule has 2 aromatic rings. The van der Waals surface area contributed by atoms with Gasteiger partial charge < -0.3 is 15.2 Å². The summed E-state index contributed by atoms with van der Waals surface area (Å²) >= 11 is 1.68. The highest BCUT2D eigenvalue weighted by molar-refractivity contribution is 7.09. The van der Waals surface area contributed by atoms with Crippen molar-refractivity contribution in [3.8, 4) is 11.5 Å². The van der Waals surface area contributed by atoms with Crippen LogP contribution in [0.15, 0.2) is 29.6 Å². The molecule has 1 aromatic carbocycles. The van der Waals surface area contributed by atoms with Gasteiger partial charge in [-0.2, -0.15) is 0 Å². The molecule has 2 N–H and O–H groups in total. The Morgan fingerprint density at radius 3 is 2.75 bits per heavy atom. The summed E-state index contributed by atoms with van der Waals surface area (Å²) in [5.74, 6) is 0.153. The van der Waals surface area contributed by atoms with Crippen LogP contribution in [0.4, 0.5) is 10.1 Å². The van der Waals surface area contributed by atoms with E-state index in [0.717, 1.165) is 6.42 Å². The zero-order valence-electron chi connectivity index (χ0n) is 11.6. The van der Waals surface area contributed by atoms with Crippen LogP contribution in [-0.4, -0.2) is 12.7 Å². The van der Waals surface area contributed by atoms with Gasteiger partial charge in [-0.05, 0) is 25.3 Å². The zero-order chi connectivity index (χ0) is 14.5. The van der Waals surface area contributed by atoms with E-state index in [1.165, 1.54) is 17.0 Å². The lowest BCUT2D eigenvalue weighted by molar-refractivity contribution is 0.229. The predicted octanol–water partition coefficient (Wildman–Crippen LogP) is 3.88. The number of hydrogen-bond acceptors (Lipinski definition) is 4. The minimum Gasteiger partial charge on any atom is -0.491 e. The van der Waals surface area contributed by atoms with Crippen molar-refractivity contribution in [2.75, 3.05) is 12.3 Å². The first kappa shape index (κ1) is 14.7. The topological polar surface area (TPSA) is 44.5 Å². The van der Waals surface area contributed by atoms with Crippen LogP contribution >= 0.6 is 11.3 Å². The predicted molar refractivity (Wildman–Crippen MR) is 80.1 cm³/mol. The lowest BCUT2D eigenvalue weighted by Crippen LogP contribution is -2.09. The van der Waals surface area contributed by atoms with Gasteiger partial charge >= 0.3 is 0 Å². The first-order valence-electron chi connectivity index (χ1n) is 6.47. The van der Waals surface area contributed by atoms with Crippen LogP contribution in [-0.2, 0) is 6.42 Å². The van der Waals surface area contributed by atoms with Gasteiger partial charge in [-0.1, -0.05) is 6.07 Å². The van der Waals surface area contributed by atoms with Gasteiger partial charge in [0.2, 0.25) is 0 Å². The van der Waals surface area contributed by atoms with E-state index in [2.05, 4.69) is 6.07 Å². The number of halogens is 1. The van der Waals surface area contributed by atoms with Crippen molar-refractivity contribution in [1.29, 1.82) is 0 Å². The Morgan fingerprint density at radius 1 is 1.30 bits per heavy atom. The summed E-state index contributed by atoms with van der Waals surface area (Å²) in [6, 6.07) is 6.80. The Hall–Kier alpha value is -1.75. The normalized spacial score (nSPS) is 10.8. The third-order valence-electron chi connectivity index (χ3n) is 2.61. The second kappa shape index (κ2) is 6.61. The minimum absolute atomic E-state index is 0.105. The second-order valence-electron chi connectivity index (χ2n) is 4.66. The SMILES string of the molecule is CC(C)Oc1cc(OCCc2cccs2)c(N)cc1F. The lowest BCUT2D eigenvalue weighted by atomic mass is 10.2. The van der Waals surface area contributed by atoms with E-state index in [0.29, 0.717) is 12.4 Å². The smallest absolute Gasteiger partial charge is 0.167 e. The highest BCUT2D eigenvalue weighted by Crippen LogP contribution is 2.31. The van der Waals surface area contributed by atoms with Crippen LogP contribution in [0.1, 0.15) is 18.7 Å². The Labute approximate surface area is 122 Å². The molecule has 3 nitrogen and oxygen atoms in total. The van der Waals surface area contributed by atoms with E-state index in [-0.39, 0.29) is 17.5 Å². The van der Waals surface area contributed by atoms with Crippen molar-refractivity contribution in [1.82, 2.24) is 0 Å². The van der Waals surface area contributed by atoms with Crippen molar-refractivity contribution in [3.63, 3.8) is 0 Å². The van der Waals surface area contributed by atoms with Crippen LogP contribution in [0.3, 0.4) is 0 Å². The molecule has 0 bridgehead atoms. The van der Waals surface area contributed by atoms with Gasteiger partial charge in [-0.3, -0.25) is 0 Å². The molecular weight excluding hydrogens is 277 g/mol. The van der Waals surface area contributed by atoms with Crippen molar-refractivity contribution in [3.05, 3.63) is 40.3 Å². The molecule has 0 amide bonds. The number of rotatable bonds is 6. The van der Waals surface area contributed by atoms with Crippen molar-refractivity contribution < 1.29 is 13.9 Å². The maximum Gasteiger partial charge on any atom is 0.167 e. The molecule has 0 aliphatic heterocycles. The minimum atomic E-state index is -0.471. The molecule has 0 saturated heterocycles. The highest BCUT2D eigenvalue weighted by Gasteiger charge is 2.11. The third kappa shape index (κ3) is 3.87. The summed E-state index contributed by atoms with van der Waals surface area (Å²) in [6.07, 6.45) is 0.696. The molecule has 5 heteroatoms. The first-order valence-corrected chi connectivity index (χ1v) is 7.35. The fraction of sp³-hybridized carbons (Fsp3) is 0.333. The van der Waals surface area contributed by atoms with Crippen LogP contribution < -0.4 is 15.2 Å². The van der Waals surface area contributed by atoms with Crippen LogP contribution in [0.5, 0.6) is 11.5 Å². The Balaban J connectivity index is 2.02. The summed E-state index contributed by atoms with van der Waals surface area (Å²) in [5, 5.41) is 2.02. The largest absolute Gasteiger partial charge is 0.491 e. The number of anilines is 1. The third-order valence-corrected chi connectivity index (χ3v) is 3.55. The molecule has 0 aliphatic rings. The molecule has 0 radical (unpaired) electrons. The number of nitrogen functional groups attached to an aromatic ring is 1. The van der Waals surface area contributed by atoms with Crippen molar-refractivity contribution >= 4 is 17.0 Å². The Morgan fingerprint density at radius 2 is 2.10 bits per heavy atom. The van der Waals surface area contributed by atoms with E-state index < -0.39 is 5.82 Å². The van der Waals surface area contributed by atoms with Crippen LogP contribution in [0.2, 0.25) is 0 Å². The van der Waals surface area contributed by atoms with Gasteiger partial charge in [0.05, 0.1) is 18.4 Å². The molecule has 0 saturated carbocycles. The molecule has 0 unspecified atom stereocenters. The van der Waals surface area contributed by atoms with Crippen LogP contribution in [0, 0.1) is 5.82 Å². The van der Waals surface area contributed by atoms with Crippen molar-refractivity contribution in [2.45, 2.75) is 26.4 Å².